The Bertz CT molecular complexity index is 1630. The topological polar surface area (TPSA) is 43.6 Å². The van der Waals surface area contributed by atoms with Crippen LogP contribution in [0.25, 0.3) is 11.8 Å². The van der Waals surface area contributed by atoms with Gasteiger partial charge in [-0.25, -0.2) is 4.99 Å². The highest BCUT2D eigenvalue weighted by molar-refractivity contribution is 9.10. The van der Waals surface area contributed by atoms with Crippen LogP contribution in [0.1, 0.15) is 34.7 Å². The summed E-state index contributed by atoms with van der Waals surface area (Å²) in [6, 6.07) is 24.3. The Morgan fingerprint density at radius 1 is 1.03 bits per heavy atom. The Morgan fingerprint density at radius 3 is 2.62 bits per heavy atom. The number of ether oxygens (including phenoxy) is 1. The lowest BCUT2D eigenvalue weighted by Gasteiger charge is -2.30. The van der Waals surface area contributed by atoms with Gasteiger partial charge in [0.15, 0.2) is 4.80 Å². The van der Waals surface area contributed by atoms with E-state index in [1.54, 1.807) is 7.11 Å². The van der Waals surface area contributed by atoms with Gasteiger partial charge in [0.1, 0.15) is 5.75 Å². The van der Waals surface area contributed by atoms with E-state index in [9.17, 15) is 4.79 Å². The third-order valence-electron chi connectivity index (χ3n) is 6.48. The van der Waals surface area contributed by atoms with Gasteiger partial charge in [-0.2, -0.15) is 0 Å². The van der Waals surface area contributed by atoms with Gasteiger partial charge in [-0.3, -0.25) is 9.36 Å². The molecule has 34 heavy (non-hydrogen) atoms. The van der Waals surface area contributed by atoms with Crippen molar-refractivity contribution < 1.29 is 4.74 Å². The maximum atomic E-state index is 13.8. The van der Waals surface area contributed by atoms with E-state index in [-0.39, 0.29) is 11.6 Å². The van der Waals surface area contributed by atoms with Gasteiger partial charge >= 0.3 is 0 Å². The first kappa shape index (κ1) is 21.3. The molecule has 4 aromatic rings. The molecule has 1 aliphatic heterocycles. The summed E-state index contributed by atoms with van der Waals surface area (Å²) in [6.45, 7) is 0. The van der Waals surface area contributed by atoms with Crippen LogP contribution in [-0.4, -0.2) is 11.7 Å². The first-order valence-electron chi connectivity index (χ1n) is 11.2. The van der Waals surface area contributed by atoms with Gasteiger partial charge in [0.2, 0.25) is 0 Å². The summed E-state index contributed by atoms with van der Waals surface area (Å²) in [4.78, 5) is 19.6. The second-order valence-electron chi connectivity index (χ2n) is 8.41. The van der Waals surface area contributed by atoms with Gasteiger partial charge in [-0.15, -0.1) is 0 Å². The Labute approximate surface area is 209 Å². The summed E-state index contributed by atoms with van der Waals surface area (Å²) in [5.41, 5.74) is 6.66. The van der Waals surface area contributed by atoms with Crippen LogP contribution in [0.4, 0.5) is 0 Å². The molecule has 168 valence electrons. The fraction of sp³-hybridized carbons (Fsp3) is 0.143. The van der Waals surface area contributed by atoms with E-state index < -0.39 is 0 Å². The zero-order valence-corrected chi connectivity index (χ0v) is 20.9. The van der Waals surface area contributed by atoms with Crippen LogP contribution < -0.4 is 19.6 Å². The Balaban J connectivity index is 1.63. The molecule has 0 bridgehead atoms. The lowest BCUT2D eigenvalue weighted by atomic mass is 9.83. The number of aryl methyl sites for hydroxylation is 1. The average Bonchev–Trinajstić information content (AvgIpc) is 3.18. The molecule has 0 amide bonds. The molecule has 0 fully saturated rings. The molecule has 1 aliphatic carbocycles. The van der Waals surface area contributed by atoms with Gasteiger partial charge in [-0.05, 0) is 53.8 Å². The predicted octanol–water partition coefficient (Wildman–Crippen LogP) is 5.09. The molecule has 0 N–H and O–H groups in total. The van der Waals surface area contributed by atoms with Crippen molar-refractivity contribution in [2.45, 2.75) is 18.9 Å². The number of nitrogens with zero attached hydrogens (tertiary/aromatic N) is 2. The van der Waals surface area contributed by atoms with Gasteiger partial charge in [-0.1, -0.05) is 81.9 Å². The number of para-hydroxylation sites is 1. The molecular formula is C28H21BrN2O2S. The summed E-state index contributed by atoms with van der Waals surface area (Å²) in [6.07, 6.45) is 3.74. The predicted molar refractivity (Wildman–Crippen MR) is 140 cm³/mol. The summed E-state index contributed by atoms with van der Waals surface area (Å²) in [5.74, 6) is 0.742. The third-order valence-corrected chi connectivity index (χ3v) is 8.00. The lowest BCUT2D eigenvalue weighted by Crippen LogP contribution is -2.38. The molecule has 6 heteroatoms. The molecule has 0 saturated carbocycles. The Morgan fingerprint density at radius 2 is 1.79 bits per heavy atom. The SMILES string of the molecule is COc1ccccc1C=c1sc2n(c1=O)[C@H](c1ccc(Br)cc1)C1=C(N=2)c2ccccc2CC1. The fourth-order valence-electron chi connectivity index (χ4n) is 4.89. The van der Waals surface area contributed by atoms with Crippen molar-refractivity contribution in [2.75, 3.05) is 7.11 Å². The van der Waals surface area contributed by atoms with Crippen LogP contribution >= 0.6 is 27.3 Å². The van der Waals surface area contributed by atoms with E-state index in [4.69, 9.17) is 9.73 Å². The van der Waals surface area contributed by atoms with E-state index in [1.165, 1.54) is 28.0 Å². The zero-order chi connectivity index (χ0) is 23.2. The monoisotopic (exact) mass is 528 g/mol. The minimum Gasteiger partial charge on any atom is -0.496 e. The lowest BCUT2D eigenvalue weighted by molar-refractivity contribution is 0.414. The highest BCUT2D eigenvalue weighted by Crippen LogP contribution is 2.41. The quantitative estimate of drug-likeness (QED) is 0.371. The summed E-state index contributed by atoms with van der Waals surface area (Å²) >= 11 is 4.98. The van der Waals surface area contributed by atoms with Crippen molar-refractivity contribution in [3.63, 3.8) is 0 Å². The first-order chi connectivity index (χ1) is 16.6. The normalized spacial score (nSPS) is 17.0. The number of allylic oxidation sites excluding steroid dienone is 1. The van der Waals surface area contributed by atoms with Crippen LogP contribution in [0.3, 0.4) is 0 Å². The van der Waals surface area contributed by atoms with E-state index in [0.717, 1.165) is 44.7 Å². The molecule has 0 saturated heterocycles. The molecule has 4 nitrogen and oxygen atoms in total. The second-order valence-corrected chi connectivity index (χ2v) is 10.3. The molecule has 2 aliphatic rings. The van der Waals surface area contributed by atoms with Crippen molar-refractivity contribution in [3.05, 3.63) is 125 Å². The summed E-state index contributed by atoms with van der Waals surface area (Å²) in [7, 11) is 1.65. The standard InChI is InChI=1S/C28H21BrN2O2S/c1-33-23-9-5-3-7-19(23)16-24-27(32)31-26(18-10-13-20(29)14-11-18)22-15-12-17-6-2-4-8-21(17)25(22)30-28(31)34-24/h2-11,13-14,16,26H,12,15H2,1H3/t26-/m1/s1. The second kappa shape index (κ2) is 8.53. The smallest absolute Gasteiger partial charge is 0.271 e. The van der Waals surface area contributed by atoms with Crippen molar-refractivity contribution in [3.8, 4) is 5.75 Å². The third kappa shape index (κ3) is 3.49. The van der Waals surface area contributed by atoms with Crippen LogP contribution in [0.15, 0.2) is 92.6 Å². The molecule has 0 unspecified atom stereocenters. The molecule has 3 aromatic carbocycles. The van der Waals surface area contributed by atoms with Crippen LogP contribution in [-0.2, 0) is 6.42 Å². The van der Waals surface area contributed by atoms with Crippen molar-refractivity contribution >= 4 is 39.0 Å². The Hall–Kier alpha value is -3.22. The van der Waals surface area contributed by atoms with Gasteiger partial charge in [0.05, 0.1) is 23.4 Å². The minimum absolute atomic E-state index is 0.0204. The van der Waals surface area contributed by atoms with Gasteiger partial charge < -0.3 is 4.74 Å². The number of hydrogen-bond donors (Lipinski definition) is 0. The fourth-order valence-corrected chi connectivity index (χ4v) is 6.15. The number of benzene rings is 3. The number of rotatable bonds is 3. The summed E-state index contributed by atoms with van der Waals surface area (Å²) < 4.78 is 9.05. The molecule has 0 spiro atoms. The molecule has 2 heterocycles. The zero-order valence-electron chi connectivity index (χ0n) is 18.5. The molecule has 1 atom stereocenters. The largest absolute Gasteiger partial charge is 0.496 e. The molecule has 0 radical (unpaired) electrons. The molecule has 1 aromatic heterocycles. The van der Waals surface area contributed by atoms with Crippen molar-refractivity contribution in [1.82, 2.24) is 4.57 Å². The number of fused-ring (bicyclic) bond motifs is 3. The van der Waals surface area contributed by atoms with Crippen molar-refractivity contribution in [1.29, 1.82) is 0 Å². The number of aromatic nitrogens is 1. The molecular weight excluding hydrogens is 508 g/mol. The number of halogens is 1. The highest BCUT2D eigenvalue weighted by Gasteiger charge is 2.32. The van der Waals surface area contributed by atoms with E-state index >= 15 is 0 Å². The number of methoxy groups -OCH3 is 1. The Kier molecular flexibility index (Phi) is 5.35. The van der Waals surface area contributed by atoms with Crippen molar-refractivity contribution in [2.24, 2.45) is 4.99 Å². The van der Waals surface area contributed by atoms with Crippen LogP contribution in [0.2, 0.25) is 0 Å². The number of thiazole rings is 1. The maximum absolute atomic E-state index is 13.8. The highest BCUT2D eigenvalue weighted by atomic mass is 79.9. The van der Waals surface area contributed by atoms with Crippen LogP contribution in [0, 0.1) is 0 Å². The average molecular weight is 529 g/mol. The molecule has 6 rings (SSSR count). The number of hydrogen-bond acceptors (Lipinski definition) is 4. The van der Waals surface area contributed by atoms with E-state index in [0.29, 0.717) is 4.53 Å². The van der Waals surface area contributed by atoms with E-state index in [2.05, 4.69) is 52.3 Å². The minimum atomic E-state index is -0.174. The van der Waals surface area contributed by atoms with E-state index in [1.807, 2.05) is 47.0 Å². The maximum Gasteiger partial charge on any atom is 0.271 e. The van der Waals surface area contributed by atoms with Gasteiger partial charge in [0.25, 0.3) is 5.56 Å². The van der Waals surface area contributed by atoms with Crippen LogP contribution in [0.5, 0.6) is 5.75 Å². The first-order valence-corrected chi connectivity index (χ1v) is 12.8. The summed E-state index contributed by atoms with van der Waals surface area (Å²) in [5, 5.41) is 0. The van der Waals surface area contributed by atoms with Gasteiger partial charge in [0, 0.05) is 15.6 Å².